The van der Waals surface area contributed by atoms with Crippen molar-refractivity contribution in [2.75, 3.05) is 39.6 Å². The van der Waals surface area contributed by atoms with Crippen LogP contribution in [0, 0.1) is 0 Å². The smallest absolute Gasteiger partial charge is 0.276 e. The van der Waals surface area contributed by atoms with E-state index in [0.717, 1.165) is 31.9 Å². The van der Waals surface area contributed by atoms with Gasteiger partial charge in [0, 0.05) is 37.6 Å². The molecule has 2 aromatic rings. The fraction of sp³-hybridized carbons (Fsp3) is 0.444. The number of thioether (sulfide) groups is 1. The Bertz CT molecular complexity index is 713. The molecule has 3 rings (SSSR count). The Morgan fingerprint density at radius 2 is 2.12 bits per heavy atom. The van der Waals surface area contributed by atoms with Gasteiger partial charge in [-0.1, -0.05) is 17.3 Å². The van der Waals surface area contributed by atoms with Gasteiger partial charge in [-0.2, -0.15) is 0 Å². The van der Waals surface area contributed by atoms with Crippen molar-refractivity contribution < 1.29 is 14.1 Å². The van der Waals surface area contributed by atoms with Crippen molar-refractivity contribution in [2.24, 2.45) is 0 Å². The van der Waals surface area contributed by atoms with Gasteiger partial charge in [0.15, 0.2) is 11.5 Å². The molecule has 0 radical (unpaired) electrons. The summed E-state index contributed by atoms with van der Waals surface area (Å²) in [4.78, 5) is 17.7. The molecule has 6 nitrogen and oxygen atoms in total. The summed E-state index contributed by atoms with van der Waals surface area (Å²) in [5.41, 5.74) is 1.45. The molecule has 2 heterocycles. The number of hydrogen-bond acceptors (Lipinski definition) is 6. The van der Waals surface area contributed by atoms with Gasteiger partial charge >= 0.3 is 0 Å². The maximum Gasteiger partial charge on any atom is 0.276 e. The number of ether oxygens (including phenoxy) is 1. The summed E-state index contributed by atoms with van der Waals surface area (Å²) >= 11 is 1.69. The van der Waals surface area contributed by atoms with Crippen LogP contribution in [-0.2, 0) is 17.8 Å². The molecule has 25 heavy (non-hydrogen) atoms. The quantitative estimate of drug-likeness (QED) is 0.737. The molecule has 0 N–H and O–H groups in total. The van der Waals surface area contributed by atoms with Crippen molar-refractivity contribution in [3.8, 4) is 0 Å². The number of morpholine rings is 1. The average molecular weight is 361 g/mol. The van der Waals surface area contributed by atoms with Gasteiger partial charge in [0.2, 0.25) is 0 Å². The Kier molecular flexibility index (Phi) is 6.12. The number of carbonyl (C=O) groups excluding carboxylic acids is 1. The third-order valence-electron chi connectivity index (χ3n) is 4.16. The van der Waals surface area contributed by atoms with E-state index in [0.29, 0.717) is 24.5 Å². The summed E-state index contributed by atoms with van der Waals surface area (Å²) in [5.74, 6) is 0.578. The van der Waals surface area contributed by atoms with E-state index in [2.05, 4.69) is 22.2 Å². The highest BCUT2D eigenvalue weighted by molar-refractivity contribution is 7.98. The maximum atomic E-state index is 12.6. The SMILES string of the molecule is CSc1cccc(CN(C)C(=O)c2cc(CN3CCOCC3)on2)c1. The highest BCUT2D eigenvalue weighted by Crippen LogP contribution is 2.17. The van der Waals surface area contributed by atoms with E-state index >= 15 is 0 Å². The van der Waals surface area contributed by atoms with Gasteiger partial charge in [-0.25, -0.2) is 0 Å². The second-order valence-corrected chi connectivity index (χ2v) is 6.96. The molecule has 1 aromatic carbocycles. The minimum absolute atomic E-state index is 0.133. The molecule has 134 valence electrons. The molecular weight excluding hydrogens is 338 g/mol. The zero-order valence-corrected chi connectivity index (χ0v) is 15.4. The number of nitrogens with zero attached hydrogens (tertiary/aromatic N) is 3. The Balaban J connectivity index is 1.60. The Morgan fingerprint density at radius 1 is 1.32 bits per heavy atom. The van der Waals surface area contributed by atoms with Crippen molar-refractivity contribution in [3.63, 3.8) is 0 Å². The van der Waals surface area contributed by atoms with E-state index in [1.807, 2.05) is 18.4 Å². The third-order valence-corrected chi connectivity index (χ3v) is 4.89. The number of amides is 1. The molecule has 0 saturated carbocycles. The van der Waals surface area contributed by atoms with Gasteiger partial charge in [0.05, 0.1) is 19.8 Å². The molecule has 1 aromatic heterocycles. The van der Waals surface area contributed by atoms with Crippen LogP contribution in [0.3, 0.4) is 0 Å². The Hall–Kier alpha value is -1.83. The van der Waals surface area contributed by atoms with Crippen LogP contribution in [0.15, 0.2) is 39.8 Å². The average Bonchev–Trinajstić information content (AvgIpc) is 3.10. The number of hydrogen-bond donors (Lipinski definition) is 0. The first-order chi connectivity index (χ1) is 12.2. The van der Waals surface area contributed by atoms with Gasteiger partial charge < -0.3 is 14.2 Å². The van der Waals surface area contributed by atoms with Crippen LogP contribution in [0.1, 0.15) is 21.8 Å². The van der Waals surface area contributed by atoms with Gasteiger partial charge in [0.25, 0.3) is 5.91 Å². The zero-order valence-electron chi connectivity index (χ0n) is 14.6. The first-order valence-electron chi connectivity index (χ1n) is 8.30. The van der Waals surface area contributed by atoms with Crippen molar-refractivity contribution >= 4 is 17.7 Å². The first-order valence-corrected chi connectivity index (χ1v) is 9.52. The lowest BCUT2D eigenvalue weighted by Gasteiger charge is -2.25. The van der Waals surface area contributed by atoms with Crippen molar-refractivity contribution in [1.82, 2.24) is 15.0 Å². The highest BCUT2D eigenvalue weighted by Gasteiger charge is 2.19. The van der Waals surface area contributed by atoms with Gasteiger partial charge in [-0.05, 0) is 24.0 Å². The third kappa shape index (κ3) is 4.84. The monoisotopic (exact) mass is 361 g/mol. The maximum absolute atomic E-state index is 12.6. The molecule has 1 aliphatic heterocycles. The molecule has 0 aliphatic carbocycles. The topological polar surface area (TPSA) is 58.8 Å². The second-order valence-electron chi connectivity index (χ2n) is 6.08. The van der Waals surface area contributed by atoms with Gasteiger partial charge in [-0.15, -0.1) is 11.8 Å². The van der Waals surface area contributed by atoms with Crippen molar-refractivity contribution in [3.05, 3.63) is 47.3 Å². The van der Waals surface area contributed by atoms with Gasteiger partial charge in [-0.3, -0.25) is 9.69 Å². The van der Waals surface area contributed by atoms with Crippen LogP contribution in [0.2, 0.25) is 0 Å². The van der Waals surface area contributed by atoms with Gasteiger partial charge in [0.1, 0.15) is 0 Å². The molecule has 1 aliphatic rings. The lowest BCUT2D eigenvalue weighted by molar-refractivity contribution is 0.0305. The van der Waals surface area contributed by atoms with Crippen LogP contribution in [0.5, 0.6) is 0 Å². The fourth-order valence-electron chi connectivity index (χ4n) is 2.78. The molecular formula is C18H23N3O3S. The standard InChI is InChI=1S/C18H23N3O3S/c1-20(12-14-4-3-5-16(10-14)25-2)18(22)17-11-15(24-19-17)13-21-6-8-23-9-7-21/h3-5,10-11H,6-9,12-13H2,1-2H3. The molecule has 1 fully saturated rings. The van der Waals surface area contributed by atoms with Crippen LogP contribution in [-0.4, -0.2) is 60.5 Å². The molecule has 0 atom stereocenters. The predicted octanol–water partition coefficient (Wildman–Crippen LogP) is 2.50. The number of rotatable bonds is 6. The normalized spacial score (nSPS) is 15.3. The summed E-state index contributed by atoms with van der Waals surface area (Å²) in [6.45, 7) is 4.41. The van der Waals surface area contributed by atoms with Crippen LogP contribution < -0.4 is 0 Å². The Labute approximate surface area is 152 Å². The molecule has 0 bridgehead atoms. The largest absolute Gasteiger partial charge is 0.379 e. The van der Waals surface area contributed by atoms with E-state index in [1.165, 1.54) is 4.90 Å². The fourth-order valence-corrected chi connectivity index (χ4v) is 3.26. The lowest BCUT2D eigenvalue weighted by Crippen LogP contribution is -2.35. The summed E-state index contributed by atoms with van der Waals surface area (Å²) in [7, 11) is 1.78. The van der Waals surface area contributed by atoms with Crippen LogP contribution >= 0.6 is 11.8 Å². The van der Waals surface area contributed by atoms with Crippen LogP contribution in [0.4, 0.5) is 0 Å². The van der Waals surface area contributed by atoms with E-state index in [1.54, 1.807) is 29.8 Å². The Morgan fingerprint density at radius 3 is 2.88 bits per heavy atom. The van der Waals surface area contributed by atoms with Crippen molar-refractivity contribution in [2.45, 2.75) is 18.0 Å². The molecule has 1 saturated heterocycles. The summed E-state index contributed by atoms with van der Waals surface area (Å²) in [6.07, 6.45) is 2.04. The minimum atomic E-state index is -0.133. The first kappa shape index (κ1) is 18.0. The van der Waals surface area contributed by atoms with E-state index in [-0.39, 0.29) is 5.91 Å². The zero-order chi connectivity index (χ0) is 17.6. The molecule has 0 unspecified atom stereocenters. The highest BCUT2D eigenvalue weighted by atomic mass is 32.2. The van der Waals surface area contributed by atoms with Crippen molar-refractivity contribution in [1.29, 1.82) is 0 Å². The van der Waals surface area contributed by atoms with E-state index in [4.69, 9.17) is 9.26 Å². The number of benzene rings is 1. The van der Waals surface area contributed by atoms with E-state index in [9.17, 15) is 4.79 Å². The number of aromatic nitrogens is 1. The number of carbonyl (C=O) groups is 1. The predicted molar refractivity (Wildman–Crippen MR) is 96.6 cm³/mol. The molecule has 0 spiro atoms. The minimum Gasteiger partial charge on any atom is -0.379 e. The summed E-state index contributed by atoms with van der Waals surface area (Å²) in [6, 6.07) is 9.94. The molecule has 7 heteroatoms. The van der Waals surface area contributed by atoms with E-state index < -0.39 is 0 Å². The second kappa shape index (κ2) is 8.51. The summed E-state index contributed by atoms with van der Waals surface area (Å²) in [5, 5.41) is 3.95. The summed E-state index contributed by atoms with van der Waals surface area (Å²) < 4.78 is 10.7. The van der Waals surface area contributed by atoms with Crippen LogP contribution in [0.25, 0.3) is 0 Å². The molecule has 1 amide bonds. The lowest BCUT2D eigenvalue weighted by atomic mass is 10.2.